The molecule has 1 saturated heterocycles. The second-order valence-electron chi connectivity index (χ2n) is 6.49. The van der Waals surface area contributed by atoms with Crippen molar-refractivity contribution < 1.29 is 24.2 Å². The van der Waals surface area contributed by atoms with Crippen LogP contribution in [0.3, 0.4) is 0 Å². The van der Waals surface area contributed by atoms with Gasteiger partial charge in [-0.05, 0) is 29.5 Å². The van der Waals surface area contributed by atoms with E-state index in [1.807, 2.05) is 54.6 Å². The minimum absolute atomic E-state index is 0.279. The van der Waals surface area contributed by atoms with Gasteiger partial charge in [-0.3, -0.25) is 4.79 Å². The van der Waals surface area contributed by atoms with Crippen molar-refractivity contribution in [2.45, 2.75) is 44.8 Å². The van der Waals surface area contributed by atoms with Crippen LogP contribution >= 0.6 is 0 Å². The monoisotopic (exact) mass is 369 g/mol. The summed E-state index contributed by atoms with van der Waals surface area (Å²) in [5, 5.41) is 11.8. The molecule has 1 fully saturated rings. The summed E-state index contributed by atoms with van der Waals surface area (Å²) in [6.45, 7) is 1.32. The number of carboxylic acid groups (broad SMARTS) is 1. The molecule has 0 aliphatic carbocycles. The maximum atomic E-state index is 12.2. The Hall–Kier alpha value is -2.70. The van der Waals surface area contributed by atoms with Crippen LogP contribution in [0.2, 0.25) is 0 Å². The number of carbonyl (C=O) groups is 2. The topological polar surface area (TPSA) is 84.9 Å². The molecule has 0 aromatic heterocycles. The summed E-state index contributed by atoms with van der Waals surface area (Å²) >= 11 is 0. The van der Waals surface area contributed by atoms with Crippen LogP contribution in [-0.2, 0) is 38.8 Å². The molecule has 0 bridgehead atoms. The average molecular weight is 369 g/mol. The fourth-order valence-corrected chi connectivity index (χ4v) is 3.03. The fourth-order valence-electron chi connectivity index (χ4n) is 3.03. The Morgan fingerprint density at radius 1 is 0.963 bits per heavy atom. The smallest absolute Gasteiger partial charge is 0.332 e. The van der Waals surface area contributed by atoms with E-state index in [1.165, 1.54) is 0 Å². The SMILES string of the molecule is O=C(NCc1ccccc1COCc1ccccc1)[C@@H]1CC[C@H](C(=O)O)O1. The van der Waals surface area contributed by atoms with Gasteiger partial charge in [0.05, 0.1) is 13.2 Å². The lowest BCUT2D eigenvalue weighted by Gasteiger charge is -2.14. The van der Waals surface area contributed by atoms with Crippen molar-refractivity contribution in [3.05, 3.63) is 71.3 Å². The third-order valence-corrected chi connectivity index (χ3v) is 4.53. The lowest BCUT2D eigenvalue weighted by Crippen LogP contribution is -2.35. The molecule has 2 N–H and O–H groups in total. The van der Waals surface area contributed by atoms with E-state index in [9.17, 15) is 9.59 Å². The second kappa shape index (κ2) is 9.30. The van der Waals surface area contributed by atoms with E-state index >= 15 is 0 Å². The number of ether oxygens (including phenoxy) is 2. The first kappa shape index (κ1) is 19.1. The summed E-state index contributed by atoms with van der Waals surface area (Å²) in [4.78, 5) is 23.2. The van der Waals surface area contributed by atoms with Gasteiger partial charge in [-0.25, -0.2) is 4.79 Å². The number of rotatable bonds is 8. The number of carboxylic acids is 1. The zero-order chi connectivity index (χ0) is 19.1. The van der Waals surface area contributed by atoms with Crippen molar-refractivity contribution in [2.24, 2.45) is 0 Å². The molecule has 1 amide bonds. The Morgan fingerprint density at radius 2 is 1.63 bits per heavy atom. The molecular weight excluding hydrogens is 346 g/mol. The van der Waals surface area contributed by atoms with Crippen LogP contribution in [0.4, 0.5) is 0 Å². The normalized spacial score (nSPS) is 19.0. The highest BCUT2D eigenvalue weighted by Crippen LogP contribution is 2.20. The lowest BCUT2D eigenvalue weighted by molar-refractivity contribution is -0.151. The molecule has 142 valence electrons. The first-order chi connectivity index (χ1) is 13.1. The molecular formula is C21H23NO5. The van der Waals surface area contributed by atoms with Gasteiger partial charge >= 0.3 is 5.97 Å². The number of hydrogen-bond donors (Lipinski definition) is 2. The molecule has 1 aliphatic heterocycles. The molecule has 1 aliphatic rings. The molecule has 0 radical (unpaired) electrons. The number of nitrogens with one attached hydrogen (secondary N) is 1. The van der Waals surface area contributed by atoms with E-state index in [2.05, 4.69) is 5.32 Å². The second-order valence-corrected chi connectivity index (χ2v) is 6.49. The highest BCUT2D eigenvalue weighted by molar-refractivity contribution is 5.82. The summed E-state index contributed by atoms with van der Waals surface area (Å²) < 4.78 is 11.1. The number of amides is 1. The van der Waals surface area contributed by atoms with Crippen molar-refractivity contribution in [3.63, 3.8) is 0 Å². The summed E-state index contributed by atoms with van der Waals surface area (Å²) in [5.41, 5.74) is 3.07. The first-order valence-electron chi connectivity index (χ1n) is 8.98. The van der Waals surface area contributed by atoms with Gasteiger partial charge in [-0.1, -0.05) is 54.6 Å². The summed E-state index contributed by atoms with van der Waals surface area (Å²) in [7, 11) is 0. The molecule has 2 aromatic rings. The maximum absolute atomic E-state index is 12.2. The molecule has 6 heteroatoms. The number of benzene rings is 2. The van der Waals surface area contributed by atoms with Crippen LogP contribution < -0.4 is 5.32 Å². The van der Waals surface area contributed by atoms with Gasteiger partial charge in [-0.15, -0.1) is 0 Å². The predicted octanol–water partition coefficient (Wildman–Crippen LogP) is 2.65. The van der Waals surface area contributed by atoms with Crippen LogP contribution in [0, 0.1) is 0 Å². The molecule has 6 nitrogen and oxygen atoms in total. The maximum Gasteiger partial charge on any atom is 0.332 e. The fraction of sp³-hybridized carbons (Fsp3) is 0.333. The largest absolute Gasteiger partial charge is 0.479 e. The molecule has 3 rings (SSSR count). The Balaban J connectivity index is 1.50. The quantitative estimate of drug-likeness (QED) is 0.747. The zero-order valence-electron chi connectivity index (χ0n) is 15.0. The van der Waals surface area contributed by atoms with Gasteiger partial charge in [0, 0.05) is 6.54 Å². The Morgan fingerprint density at radius 3 is 2.33 bits per heavy atom. The van der Waals surface area contributed by atoms with Crippen LogP contribution in [-0.4, -0.2) is 29.2 Å². The standard InChI is InChI=1S/C21H23NO5/c23-20(18-10-11-19(27-18)21(24)25)22-12-16-8-4-5-9-17(16)14-26-13-15-6-2-1-3-7-15/h1-9,18-19H,10-14H2,(H,22,23)(H,24,25)/t18-,19+/m0/s1. The molecule has 27 heavy (non-hydrogen) atoms. The van der Waals surface area contributed by atoms with E-state index in [4.69, 9.17) is 14.6 Å². The third kappa shape index (κ3) is 5.39. The Bertz CT molecular complexity index is 777. The van der Waals surface area contributed by atoms with Crippen molar-refractivity contribution >= 4 is 11.9 Å². The number of aliphatic carboxylic acids is 1. The number of carbonyl (C=O) groups excluding carboxylic acids is 1. The van der Waals surface area contributed by atoms with E-state index in [1.54, 1.807) is 0 Å². The molecule has 2 atom stereocenters. The van der Waals surface area contributed by atoms with Crippen molar-refractivity contribution in [2.75, 3.05) is 0 Å². The van der Waals surface area contributed by atoms with E-state index in [-0.39, 0.29) is 5.91 Å². The third-order valence-electron chi connectivity index (χ3n) is 4.53. The van der Waals surface area contributed by atoms with Crippen LogP contribution in [0.5, 0.6) is 0 Å². The van der Waals surface area contributed by atoms with Gasteiger partial charge < -0.3 is 19.9 Å². The van der Waals surface area contributed by atoms with Gasteiger partial charge in [0.2, 0.25) is 5.91 Å². The molecule has 0 unspecified atom stereocenters. The average Bonchev–Trinajstić information content (AvgIpc) is 3.18. The van der Waals surface area contributed by atoms with Gasteiger partial charge in [-0.2, -0.15) is 0 Å². The van der Waals surface area contributed by atoms with Gasteiger partial charge in [0.25, 0.3) is 0 Å². The van der Waals surface area contributed by atoms with Crippen molar-refractivity contribution in [3.8, 4) is 0 Å². The first-order valence-corrected chi connectivity index (χ1v) is 8.98. The Kier molecular flexibility index (Phi) is 6.57. The Labute approximate surface area is 158 Å². The molecule has 1 heterocycles. The summed E-state index contributed by atoms with van der Waals surface area (Å²) in [6.07, 6.45) is -0.811. The highest BCUT2D eigenvalue weighted by Gasteiger charge is 2.34. The zero-order valence-corrected chi connectivity index (χ0v) is 15.0. The summed E-state index contributed by atoms with van der Waals surface area (Å²) in [5.74, 6) is -1.30. The lowest BCUT2D eigenvalue weighted by atomic mass is 10.1. The summed E-state index contributed by atoms with van der Waals surface area (Å²) in [6, 6.07) is 17.7. The van der Waals surface area contributed by atoms with Crippen LogP contribution in [0.15, 0.2) is 54.6 Å². The van der Waals surface area contributed by atoms with Crippen LogP contribution in [0.1, 0.15) is 29.5 Å². The number of hydrogen-bond acceptors (Lipinski definition) is 4. The van der Waals surface area contributed by atoms with Crippen molar-refractivity contribution in [1.82, 2.24) is 5.32 Å². The van der Waals surface area contributed by atoms with E-state index < -0.39 is 18.2 Å². The van der Waals surface area contributed by atoms with Gasteiger partial charge in [0.1, 0.15) is 6.10 Å². The molecule has 2 aromatic carbocycles. The van der Waals surface area contributed by atoms with Crippen molar-refractivity contribution in [1.29, 1.82) is 0 Å². The van der Waals surface area contributed by atoms with Crippen LogP contribution in [0.25, 0.3) is 0 Å². The van der Waals surface area contributed by atoms with Gasteiger partial charge in [0.15, 0.2) is 6.10 Å². The molecule has 0 spiro atoms. The minimum atomic E-state index is -1.02. The molecule has 0 saturated carbocycles. The highest BCUT2D eigenvalue weighted by atomic mass is 16.5. The van der Waals surface area contributed by atoms with E-state index in [0.29, 0.717) is 32.6 Å². The minimum Gasteiger partial charge on any atom is -0.479 e. The van der Waals surface area contributed by atoms with E-state index in [0.717, 1.165) is 16.7 Å². The predicted molar refractivity (Wildman–Crippen MR) is 98.8 cm³/mol.